The van der Waals surface area contributed by atoms with Crippen molar-refractivity contribution >= 4 is 11.8 Å². The molecule has 0 bridgehead atoms. The summed E-state index contributed by atoms with van der Waals surface area (Å²) < 4.78 is 1.70. The molecule has 0 aliphatic heterocycles. The SMILES string of the molecule is Cc1ccc(C)c(-n2nnnc2SC[C@@H](C#N)CCC#N)c1. The molecular weight excluding hydrogens is 296 g/mol. The fourth-order valence-corrected chi connectivity index (χ4v) is 2.91. The van der Waals surface area contributed by atoms with Crippen LogP contribution in [0.5, 0.6) is 0 Å². The minimum atomic E-state index is -0.173. The van der Waals surface area contributed by atoms with Gasteiger partial charge in [-0.05, 0) is 47.9 Å². The van der Waals surface area contributed by atoms with Gasteiger partial charge in [0.25, 0.3) is 0 Å². The number of hydrogen-bond donors (Lipinski definition) is 0. The molecule has 6 nitrogen and oxygen atoms in total. The van der Waals surface area contributed by atoms with E-state index >= 15 is 0 Å². The number of aryl methyl sites for hydroxylation is 2. The lowest BCUT2D eigenvalue weighted by Gasteiger charge is -2.09. The van der Waals surface area contributed by atoms with E-state index in [9.17, 15) is 0 Å². The first-order valence-electron chi connectivity index (χ1n) is 6.91. The third-order valence-electron chi connectivity index (χ3n) is 3.23. The van der Waals surface area contributed by atoms with Gasteiger partial charge in [0.05, 0.1) is 23.7 Å². The first-order chi connectivity index (χ1) is 10.7. The summed E-state index contributed by atoms with van der Waals surface area (Å²) in [5.74, 6) is 0.400. The number of tetrazole rings is 1. The second-order valence-corrected chi connectivity index (χ2v) is 5.98. The number of thioether (sulfide) groups is 1. The van der Waals surface area contributed by atoms with Gasteiger partial charge in [-0.25, -0.2) is 0 Å². The summed E-state index contributed by atoms with van der Waals surface area (Å²) in [6, 6.07) is 10.4. The van der Waals surface area contributed by atoms with Crippen LogP contribution in [0.25, 0.3) is 5.69 Å². The molecule has 0 N–H and O–H groups in total. The lowest BCUT2D eigenvalue weighted by Crippen LogP contribution is -2.05. The molecule has 1 atom stereocenters. The molecule has 0 aliphatic rings. The van der Waals surface area contributed by atoms with Gasteiger partial charge < -0.3 is 0 Å². The molecule has 1 heterocycles. The number of hydrogen-bond acceptors (Lipinski definition) is 6. The first kappa shape index (κ1) is 16.0. The second kappa shape index (κ2) is 7.58. The smallest absolute Gasteiger partial charge is 0.198 e. The molecule has 2 rings (SSSR count). The van der Waals surface area contributed by atoms with Crippen molar-refractivity contribution in [3.05, 3.63) is 29.3 Å². The quantitative estimate of drug-likeness (QED) is 0.762. The normalized spacial score (nSPS) is 11.6. The highest BCUT2D eigenvalue weighted by atomic mass is 32.2. The van der Waals surface area contributed by atoms with Crippen LogP contribution in [0, 0.1) is 42.4 Å². The molecule has 0 amide bonds. The van der Waals surface area contributed by atoms with E-state index in [1.165, 1.54) is 11.8 Å². The van der Waals surface area contributed by atoms with Crippen LogP contribution < -0.4 is 0 Å². The Labute approximate surface area is 133 Å². The van der Waals surface area contributed by atoms with Gasteiger partial charge in [0.2, 0.25) is 5.16 Å². The number of benzene rings is 1. The summed E-state index contributed by atoms with van der Waals surface area (Å²) >= 11 is 1.44. The molecule has 112 valence electrons. The van der Waals surface area contributed by atoms with E-state index in [4.69, 9.17) is 10.5 Å². The fourth-order valence-electron chi connectivity index (χ4n) is 1.97. The highest BCUT2D eigenvalue weighted by Crippen LogP contribution is 2.24. The van der Waals surface area contributed by atoms with Crippen molar-refractivity contribution < 1.29 is 0 Å². The Morgan fingerprint density at radius 1 is 1.32 bits per heavy atom. The number of rotatable bonds is 6. The van der Waals surface area contributed by atoms with Crippen LogP contribution in [0.4, 0.5) is 0 Å². The van der Waals surface area contributed by atoms with Crippen molar-refractivity contribution in [2.24, 2.45) is 5.92 Å². The van der Waals surface area contributed by atoms with Crippen LogP contribution in [-0.4, -0.2) is 26.0 Å². The van der Waals surface area contributed by atoms with Crippen molar-refractivity contribution in [2.45, 2.75) is 31.8 Å². The predicted octanol–water partition coefficient (Wildman–Crippen LogP) is 2.81. The molecule has 0 saturated heterocycles. The lowest BCUT2D eigenvalue weighted by atomic mass is 10.1. The van der Waals surface area contributed by atoms with Crippen LogP contribution in [0.3, 0.4) is 0 Å². The Morgan fingerprint density at radius 3 is 2.86 bits per heavy atom. The summed E-state index contributed by atoms with van der Waals surface area (Å²) in [6.07, 6.45) is 0.964. The lowest BCUT2D eigenvalue weighted by molar-refractivity contribution is 0.682. The minimum Gasteiger partial charge on any atom is -0.198 e. The molecule has 0 fully saturated rings. The zero-order chi connectivity index (χ0) is 15.9. The maximum Gasteiger partial charge on any atom is 0.214 e. The third kappa shape index (κ3) is 3.84. The van der Waals surface area contributed by atoms with E-state index in [1.54, 1.807) is 4.68 Å². The molecule has 1 aromatic heterocycles. The van der Waals surface area contributed by atoms with Crippen LogP contribution in [0.2, 0.25) is 0 Å². The highest BCUT2D eigenvalue weighted by molar-refractivity contribution is 7.99. The van der Waals surface area contributed by atoms with Crippen molar-refractivity contribution in [3.8, 4) is 17.8 Å². The van der Waals surface area contributed by atoms with Gasteiger partial charge in [-0.1, -0.05) is 23.9 Å². The van der Waals surface area contributed by atoms with Crippen molar-refractivity contribution in [1.29, 1.82) is 10.5 Å². The summed E-state index contributed by atoms with van der Waals surface area (Å²) in [5, 5.41) is 30.2. The summed E-state index contributed by atoms with van der Waals surface area (Å²) in [6.45, 7) is 4.03. The van der Waals surface area contributed by atoms with E-state index in [2.05, 4.69) is 27.7 Å². The molecule has 0 radical (unpaired) electrons. The third-order valence-corrected chi connectivity index (χ3v) is 4.32. The fraction of sp³-hybridized carbons (Fsp3) is 0.400. The molecular formula is C15H16N6S. The Kier molecular flexibility index (Phi) is 5.51. The van der Waals surface area contributed by atoms with Gasteiger partial charge in [0.15, 0.2) is 0 Å². The zero-order valence-corrected chi connectivity index (χ0v) is 13.3. The molecule has 22 heavy (non-hydrogen) atoms. The average molecular weight is 312 g/mol. The monoisotopic (exact) mass is 312 g/mol. The van der Waals surface area contributed by atoms with E-state index in [1.807, 2.05) is 32.0 Å². The van der Waals surface area contributed by atoms with Gasteiger partial charge in [-0.3, -0.25) is 0 Å². The second-order valence-electron chi connectivity index (χ2n) is 5.00. The number of aromatic nitrogens is 4. The van der Waals surface area contributed by atoms with Gasteiger partial charge in [0.1, 0.15) is 0 Å². The molecule has 0 unspecified atom stereocenters. The minimum absolute atomic E-state index is 0.173. The molecule has 1 aromatic carbocycles. The molecule has 0 aliphatic carbocycles. The van der Waals surface area contributed by atoms with Crippen LogP contribution in [0.15, 0.2) is 23.4 Å². The molecule has 7 heteroatoms. The molecule has 2 aromatic rings. The van der Waals surface area contributed by atoms with Gasteiger partial charge >= 0.3 is 0 Å². The van der Waals surface area contributed by atoms with Gasteiger partial charge in [-0.2, -0.15) is 15.2 Å². The van der Waals surface area contributed by atoms with Crippen LogP contribution in [-0.2, 0) is 0 Å². The first-order valence-corrected chi connectivity index (χ1v) is 7.89. The number of nitriles is 2. The summed E-state index contributed by atoms with van der Waals surface area (Å²) in [4.78, 5) is 0. The van der Waals surface area contributed by atoms with E-state index in [0.717, 1.165) is 16.8 Å². The maximum atomic E-state index is 9.12. The van der Waals surface area contributed by atoms with Gasteiger partial charge in [-0.15, -0.1) is 5.10 Å². The number of nitrogens with zero attached hydrogens (tertiary/aromatic N) is 6. The average Bonchev–Trinajstić information content (AvgIpc) is 2.98. The van der Waals surface area contributed by atoms with E-state index in [-0.39, 0.29) is 5.92 Å². The molecule has 0 spiro atoms. The van der Waals surface area contributed by atoms with Crippen LogP contribution in [0.1, 0.15) is 24.0 Å². The maximum absolute atomic E-state index is 9.12. The highest BCUT2D eigenvalue weighted by Gasteiger charge is 2.14. The summed E-state index contributed by atoms with van der Waals surface area (Å²) in [5.41, 5.74) is 3.16. The van der Waals surface area contributed by atoms with Gasteiger partial charge in [0, 0.05) is 12.2 Å². The molecule has 0 saturated carbocycles. The predicted molar refractivity (Wildman–Crippen MR) is 83.3 cm³/mol. The topological polar surface area (TPSA) is 91.2 Å². The van der Waals surface area contributed by atoms with E-state index in [0.29, 0.717) is 23.8 Å². The Balaban J connectivity index is 2.15. The zero-order valence-electron chi connectivity index (χ0n) is 12.5. The van der Waals surface area contributed by atoms with E-state index < -0.39 is 0 Å². The summed E-state index contributed by atoms with van der Waals surface area (Å²) in [7, 11) is 0. The van der Waals surface area contributed by atoms with Crippen molar-refractivity contribution in [2.75, 3.05) is 5.75 Å². The van der Waals surface area contributed by atoms with Crippen LogP contribution >= 0.6 is 11.8 Å². The van der Waals surface area contributed by atoms with Crippen molar-refractivity contribution in [1.82, 2.24) is 20.2 Å². The Hall–Kier alpha value is -2.38. The van der Waals surface area contributed by atoms with Crippen molar-refractivity contribution in [3.63, 3.8) is 0 Å². The standard InChI is InChI=1S/C15H16N6S/c1-11-5-6-12(2)14(8-11)21-15(18-19-20-21)22-10-13(9-17)4-3-7-16/h5-6,8,13H,3-4,10H2,1-2H3/t13-/m1/s1. The Bertz CT molecular complexity index is 724. The largest absolute Gasteiger partial charge is 0.214 e. The Morgan fingerprint density at radius 2 is 2.14 bits per heavy atom.